The lowest BCUT2D eigenvalue weighted by Gasteiger charge is -2.17. The molecule has 0 unspecified atom stereocenters. The Morgan fingerprint density at radius 1 is 0.939 bits per heavy atom. The van der Waals surface area contributed by atoms with E-state index in [9.17, 15) is 8.42 Å². The Balaban J connectivity index is 1.75. The first-order valence-corrected chi connectivity index (χ1v) is 13.2. The summed E-state index contributed by atoms with van der Waals surface area (Å²) in [4.78, 5) is 0. The van der Waals surface area contributed by atoms with Crippen LogP contribution in [-0.2, 0) is 23.0 Å². The van der Waals surface area contributed by atoms with Crippen molar-refractivity contribution in [3.63, 3.8) is 0 Å². The molecule has 0 radical (unpaired) electrons. The molecule has 4 nitrogen and oxygen atoms in total. The summed E-state index contributed by atoms with van der Waals surface area (Å²) < 4.78 is 29.3. The first-order chi connectivity index (χ1) is 15.5. The van der Waals surface area contributed by atoms with Crippen LogP contribution >= 0.6 is 0 Å². The van der Waals surface area contributed by atoms with E-state index in [2.05, 4.69) is 96.9 Å². The lowest BCUT2D eigenvalue weighted by molar-refractivity contribution is 0.412. The van der Waals surface area contributed by atoms with Gasteiger partial charge in [0.15, 0.2) is 0 Å². The summed E-state index contributed by atoms with van der Waals surface area (Å²) in [5, 5.41) is 3.29. The van der Waals surface area contributed by atoms with Gasteiger partial charge in [-0.15, -0.1) is 0 Å². The standard InChI is InChI=1S/C28H34N2O2S/c1-20(2)33(31,32)29-15-16-30-19-23(18-28(3,4)5)26-17-22(13-14-27(26)30)25-12-8-10-21-9-6-7-11-24(21)25/h6-14,17,19-20,29H,15-16,18H2,1-5H3. The van der Waals surface area contributed by atoms with Gasteiger partial charge in [0.2, 0.25) is 10.0 Å². The fourth-order valence-corrected chi connectivity index (χ4v) is 5.10. The van der Waals surface area contributed by atoms with Crippen LogP contribution in [0.4, 0.5) is 0 Å². The number of aromatic nitrogens is 1. The van der Waals surface area contributed by atoms with Crippen molar-refractivity contribution in [3.8, 4) is 11.1 Å². The summed E-state index contributed by atoms with van der Waals surface area (Å²) in [6.45, 7) is 11.1. The van der Waals surface area contributed by atoms with Crippen LogP contribution in [0.5, 0.6) is 0 Å². The lowest BCUT2D eigenvalue weighted by Crippen LogP contribution is -2.33. The van der Waals surface area contributed by atoms with Gasteiger partial charge in [-0.25, -0.2) is 13.1 Å². The quantitative estimate of drug-likeness (QED) is 0.346. The van der Waals surface area contributed by atoms with E-state index in [1.807, 2.05) is 0 Å². The van der Waals surface area contributed by atoms with Crippen LogP contribution in [0.1, 0.15) is 40.2 Å². The van der Waals surface area contributed by atoms with E-state index in [1.165, 1.54) is 32.8 Å². The van der Waals surface area contributed by atoms with Gasteiger partial charge in [-0.05, 0) is 65.3 Å². The average molecular weight is 463 g/mol. The molecule has 0 saturated carbocycles. The first kappa shape index (κ1) is 23.5. The fourth-order valence-electron chi connectivity index (χ4n) is 4.39. The van der Waals surface area contributed by atoms with Crippen LogP contribution in [0.25, 0.3) is 32.8 Å². The van der Waals surface area contributed by atoms with Crippen LogP contribution in [-0.4, -0.2) is 24.8 Å². The minimum Gasteiger partial charge on any atom is -0.346 e. The number of hydrogen-bond donors (Lipinski definition) is 1. The summed E-state index contributed by atoms with van der Waals surface area (Å²) in [7, 11) is -3.27. The third-order valence-electron chi connectivity index (χ3n) is 6.06. The zero-order chi connectivity index (χ0) is 23.8. The lowest BCUT2D eigenvalue weighted by atomic mass is 9.87. The Labute approximate surface area is 197 Å². The smallest absolute Gasteiger partial charge is 0.213 e. The van der Waals surface area contributed by atoms with Crippen molar-refractivity contribution in [1.29, 1.82) is 0 Å². The number of nitrogens with zero attached hydrogens (tertiary/aromatic N) is 1. The maximum atomic E-state index is 12.2. The molecule has 0 spiro atoms. The topological polar surface area (TPSA) is 51.1 Å². The summed E-state index contributed by atoms with van der Waals surface area (Å²) in [6, 6.07) is 21.6. The van der Waals surface area contributed by atoms with Gasteiger partial charge in [0.1, 0.15) is 0 Å². The molecule has 4 rings (SSSR count). The third kappa shape index (κ3) is 5.15. The predicted molar refractivity (Wildman–Crippen MR) is 140 cm³/mol. The second-order valence-electron chi connectivity index (χ2n) is 10.3. The van der Waals surface area contributed by atoms with Crippen molar-refractivity contribution in [3.05, 3.63) is 72.4 Å². The minimum atomic E-state index is -3.27. The fraction of sp³-hybridized carbons (Fsp3) is 0.357. The van der Waals surface area contributed by atoms with E-state index in [4.69, 9.17) is 0 Å². The molecular formula is C28H34N2O2S. The zero-order valence-electron chi connectivity index (χ0n) is 20.2. The molecule has 5 heteroatoms. The van der Waals surface area contributed by atoms with Crippen molar-refractivity contribution in [2.24, 2.45) is 5.41 Å². The summed E-state index contributed by atoms with van der Waals surface area (Å²) in [6.07, 6.45) is 3.15. The normalized spacial score (nSPS) is 12.8. The highest BCUT2D eigenvalue weighted by atomic mass is 32.2. The average Bonchev–Trinajstić information content (AvgIpc) is 3.08. The largest absolute Gasteiger partial charge is 0.346 e. The van der Waals surface area contributed by atoms with Gasteiger partial charge >= 0.3 is 0 Å². The zero-order valence-corrected chi connectivity index (χ0v) is 21.0. The van der Waals surface area contributed by atoms with Gasteiger partial charge in [-0.2, -0.15) is 0 Å². The second kappa shape index (κ2) is 8.96. The molecule has 0 bridgehead atoms. The molecule has 4 aromatic rings. The molecule has 0 fully saturated rings. The van der Waals surface area contributed by atoms with Crippen LogP contribution < -0.4 is 4.72 Å². The number of nitrogens with one attached hydrogen (secondary N) is 1. The van der Waals surface area contributed by atoms with Crippen LogP contribution in [0.15, 0.2) is 66.9 Å². The summed E-state index contributed by atoms with van der Waals surface area (Å²) in [5.74, 6) is 0. The molecule has 0 aliphatic rings. The highest BCUT2D eigenvalue weighted by Gasteiger charge is 2.18. The van der Waals surface area contributed by atoms with E-state index in [0.29, 0.717) is 13.1 Å². The Bertz CT molecular complexity index is 1390. The molecule has 0 atom stereocenters. The van der Waals surface area contributed by atoms with E-state index in [0.717, 1.165) is 11.9 Å². The second-order valence-corrected chi connectivity index (χ2v) is 12.7. The third-order valence-corrected chi connectivity index (χ3v) is 7.91. The molecule has 0 aliphatic heterocycles. The Kier molecular flexibility index (Phi) is 6.39. The SMILES string of the molecule is CC(C)S(=O)(=O)NCCn1cc(CC(C)(C)C)c2cc(-c3cccc4ccccc34)ccc21. The van der Waals surface area contributed by atoms with Gasteiger partial charge < -0.3 is 4.57 Å². The molecule has 33 heavy (non-hydrogen) atoms. The van der Waals surface area contributed by atoms with Crippen LogP contribution in [0.3, 0.4) is 0 Å². The van der Waals surface area contributed by atoms with Crippen molar-refractivity contribution >= 4 is 31.7 Å². The minimum absolute atomic E-state index is 0.147. The van der Waals surface area contributed by atoms with E-state index in [1.54, 1.807) is 13.8 Å². The van der Waals surface area contributed by atoms with E-state index in [-0.39, 0.29) is 5.41 Å². The molecule has 1 N–H and O–H groups in total. The summed E-state index contributed by atoms with van der Waals surface area (Å²) in [5.41, 5.74) is 5.02. The summed E-state index contributed by atoms with van der Waals surface area (Å²) >= 11 is 0. The van der Waals surface area contributed by atoms with Gasteiger partial charge in [0, 0.05) is 30.2 Å². The van der Waals surface area contributed by atoms with E-state index >= 15 is 0 Å². The molecule has 174 valence electrons. The van der Waals surface area contributed by atoms with Crippen LogP contribution in [0, 0.1) is 5.41 Å². The number of rotatable bonds is 7. The number of benzene rings is 3. The number of fused-ring (bicyclic) bond motifs is 2. The van der Waals surface area contributed by atoms with Crippen molar-refractivity contribution in [1.82, 2.24) is 9.29 Å². The maximum absolute atomic E-state index is 12.2. The van der Waals surface area contributed by atoms with Crippen molar-refractivity contribution in [2.45, 2.75) is 52.8 Å². The highest BCUT2D eigenvalue weighted by Crippen LogP contribution is 2.34. The first-order valence-electron chi connectivity index (χ1n) is 11.6. The van der Waals surface area contributed by atoms with Gasteiger partial charge in [0.25, 0.3) is 0 Å². The predicted octanol–water partition coefficient (Wildman–Crippen LogP) is 6.38. The monoisotopic (exact) mass is 462 g/mol. The van der Waals surface area contributed by atoms with E-state index < -0.39 is 15.3 Å². The van der Waals surface area contributed by atoms with Gasteiger partial charge in [-0.1, -0.05) is 69.3 Å². The van der Waals surface area contributed by atoms with Crippen molar-refractivity contribution < 1.29 is 8.42 Å². The van der Waals surface area contributed by atoms with Crippen molar-refractivity contribution in [2.75, 3.05) is 6.54 Å². The molecule has 3 aromatic carbocycles. The highest BCUT2D eigenvalue weighted by molar-refractivity contribution is 7.90. The Morgan fingerprint density at radius 2 is 1.67 bits per heavy atom. The van der Waals surface area contributed by atoms with Gasteiger partial charge in [0.05, 0.1) is 5.25 Å². The molecule has 0 aliphatic carbocycles. The van der Waals surface area contributed by atoms with Crippen LogP contribution in [0.2, 0.25) is 0 Å². The molecule has 1 aromatic heterocycles. The molecule has 1 heterocycles. The molecule has 0 amide bonds. The number of hydrogen-bond acceptors (Lipinski definition) is 2. The molecule has 0 saturated heterocycles. The van der Waals surface area contributed by atoms with Gasteiger partial charge in [-0.3, -0.25) is 0 Å². The Morgan fingerprint density at radius 3 is 2.39 bits per heavy atom. The number of sulfonamides is 1. The Hall–Kier alpha value is -2.63. The maximum Gasteiger partial charge on any atom is 0.213 e. The molecular weight excluding hydrogens is 428 g/mol.